The highest BCUT2D eigenvalue weighted by atomic mass is 32.2. The van der Waals surface area contributed by atoms with Crippen LogP contribution in [0.4, 0.5) is 5.69 Å². The molecule has 1 heterocycles. The maximum absolute atomic E-state index is 6.02. The number of benzene rings is 1. The first kappa shape index (κ1) is 13.8. The monoisotopic (exact) mass is 264 g/mol. The molecule has 18 heavy (non-hydrogen) atoms. The molecule has 1 aromatic carbocycles. The van der Waals surface area contributed by atoms with Crippen molar-refractivity contribution in [3.8, 4) is 0 Å². The van der Waals surface area contributed by atoms with Gasteiger partial charge in [-0.3, -0.25) is 0 Å². The van der Waals surface area contributed by atoms with E-state index in [9.17, 15) is 0 Å². The second kappa shape index (κ2) is 5.98. The van der Waals surface area contributed by atoms with Crippen molar-refractivity contribution in [3.05, 3.63) is 29.3 Å². The average molecular weight is 264 g/mol. The topological polar surface area (TPSA) is 29.3 Å². The van der Waals surface area contributed by atoms with Gasteiger partial charge in [-0.15, -0.1) is 0 Å². The molecule has 0 amide bonds. The van der Waals surface area contributed by atoms with Crippen LogP contribution in [0.2, 0.25) is 0 Å². The molecule has 1 aliphatic heterocycles. The first-order valence-corrected chi connectivity index (χ1v) is 7.87. The summed E-state index contributed by atoms with van der Waals surface area (Å²) in [5.41, 5.74) is 10.0. The van der Waals surface area contributed by atoms with Crippen LogP contribution >= 0.6 is 11.8 Å². The molecule has 2 rings (SSSR count). The van der Waals surface area contributed by atoms with Gasteiger partial charge < -0.3 is 10.6 Å². The third kappa shape index (κ3) is 2.83. The van der Waals surface area contributed by atoms with Crippen molar-refractivity contribution in [2.45, 2.75) is 26.3 Å². The Kier molecular flexibility index (Phi) is 4.57. The summed E-state index contributed by atoms with van der Waals surface area (Å²) >= 11 is 2.06. The van der Waals surface area contributed by atoms with Crippen LogP contribution < -0.4 is 10.6 Å². The predicted octanol–water partition coefficient (Wildman–Crippen LogP) is 2.82. The maximum atomic E-state index is 6.02. The lowest BCUT2D eigenvalue weighted by Gasteiger charge is -2.34. The molecule has 0 radical (unpaired) electrons. The zero-order chi connectivity index (χ0) is 13.1. The lowest BCUT2D eigenvalue weighted by atomic mass is 9.96. The highest BCUT2D eigenvalue weighted by molar-refractivity contribution is 7.99. The quantitative estimate of drug-likeness (QED) is 0.907. The van der Waals surface area contributed by atoms with Gasteiger partial charge in [-0.25, -0.2) is 0 Å². The zero-order valence-electron chi connectivity index (χ0n) is 11.6. The first-order chi connectivity index (χ1) is 8.63. The number of nitrogens with two attached hydrogens (primary N) is 1. The Morgan fingerprint density at radius 1 is 1.44 bits per heavy atom. The van der Waals surface area contributed by atoms with Gasteiger partial charge in [0.05, 0.1) is 0 Å². The molecule has 1 aliphatic rings. The van der Waals surface area contributed by atoms with E-state index in [0.717, 1.165) is 12.5 Å². The largest absolute Gasteiger partial charge is 0.370 e. The summed E-state index contributed by atoms with van der Waals surface area (Å²) in [6.45, 7) is 5.08. The van der Waals surface area contributed by atoms with Crippen LogP contribution in [0.25, 0.3) is 0 Å². The molecule has 0 aliphatic carbocycles. The van der Waals surface area contributed by atoms with E-state index in [1.165, 1.54) is 34.7 Å². The molecule has 0 saturated carbocycles. The van der Waals surface area contributed by atoms with E-state index in [4.69, 9.17) is 5.73 Å². The number of aryl methyl sites for hydroxylation is 2. The lowest BCUT2D eigenvalue weighted by molar-refractivity contribution is 0.454. The van der Waals surface area contributed by atoms with Crippen LogP contribution in [0.1, 0.15) is 17.5 Å². The lowest BCUT2D eigenvalue weighted by Crippen LogP contribution is -2.44. The van der Waals surface area contributed by atoms with E-state index in [1.807, 2.05) is 0 Å². The van der Waals surface area contributed by atoms with Crippen LogP contribution in [0.5, 0.6) is 0 Å². The Labute approximate surface area is 115 Å². The van der Waals surface area contributed by atoms with Crippen molar-refractivity contribution in [2.75, 3.05) is 30.0 Å². The summed E-state index contributed by atoms with van der Waals surface area (Å²) in [6.07, 6.45) is 1.31. The van der Waals surface area contributed by atoms with Gasteiger partial charge in [0.2, 0.25) is 0 Å². The summed E-state index contributed by atoms with van der Waals surface area (Å²) in [4.78, 5) is 2.39. The average Bonchev–Trinajstić information content (AvgIpc) is 2.83. The van der Waals surface area contributed by atoms with Gasteiger partial charge >= 0.3 is 0 Å². The van der Waals surface area contributed by atoms with E-state index in [0.29, 0.717) is 6.04 Å². The fraction of sp³-hybridized carbons (Fsp3) is 0.600. The molecule has 2 N–H and O–H groups in total. The molecular formula is C15H24N2S. The van der Waals surface area contributed by atoms with Gasteiger partial charge in [0, 0.05) is 25.3 Å². The van der Waals surface area contributed by atoms with Crippen molar-refractivity contribution in [2.24, 2.45) is 11.7 Å². The standard InChI is InChI=1S/C15H24N2S/c1-11-4-5-14(12(2)8-11)17(3)15(9-16)13-6-7-18-10-13/h4-5,8,13,15H,6-7,9-10,16H2,1-3H3. The molecule has 1 saturated heterocycles. The highest BCUT2D eigenvalue weighted by Crippen LogP contribution is 2.31. The van der Waals surface area contributed by atoms with E-state index >= 15 is 0 Å². The molecule has 0 aromatic heterocycles. The van der Waals surface area contributed by atoms with Crippen LogP contribution in [0, 0.1) is 19.8 Å². The van der Waals surface area contributed by atoms with Crippen LogP contribution in [0.15, 0.2) is 18.2 Å². The van der Waals surface area contributed by atoms with Crippen molar-refractivity contribution >= 4 is 17.4 Å². The number of nitrogens with zero attached hydrogens (tertiary/aromatic N) is 1. The maximum Gasteiger partial charge on any atom is 0.0445 e. The van der Waals surface area contributed by atoms with Gasteiger partial charge in [-0.2, -0.15) is 11.8 Å². The number of hydrogen-bond acceptors (Lipinski definition) is 3. The van der Waals surface area contributed by atoms with E-state index in [-0.39, 0.29) is 0 Å². The van der Waals surface area contributed by atoms with E-state index < -0.39 is 0 Å². The number of likely N-dealkylation sites (N-methyl/N-ethyl adjacent to an activating group) is 1. The normalized spacial score (nSPS) is 21.0. The van der Waals surface area contributed by atoms with Crippen LogP contribution in [0.3, 0.4) is 0 Å². The smallest absolute Gasteiger partial charge is 0.0445 e. The highest BCUT2D eigenvalue weighted by Gasteiger charge is 2.28. The molecule has 1 aromatic rings. The predicted molar refractivity (Wildman–Crippen MR) is 82.6 cm³/mol. The zero-order valence-corrected chi connectivity index (χ0v) is 12.5. The Hall–Kier alpha value is -0.670. The fourth-order valence-corrected chi connectivity index (χ4v) is 4.23. The van der Waals surface area contributed by atoms with Crippen molar-refractivity contribution in [1.82, 2.24) is 0 Å². The molecule has 100 valence electrons. The van der Waals surface area contributed by atoms with E-state index in [1.54, 1.807) is 0 Å². The van der Waals surface area contributed by atoms with Crippen molar-refractivity contribution in [3.63, 3.8) is 0 Å². The second-order valence-corrected chi connectivity index (χ2v) is 6.48. The third-order valence-electron chi connectivity index (χ3n) is 3.98. The molecule has 0 bridgehead atoms. The minimum absolute atomic E-state index is 0.474. The third-order valence-corrected chi connectivity index (χ3v) is 5.17. The Balaban J connectivity index is 2.19. The molecular weight excluding hydrogens is 240 g/mol. The number of hydrogen-bond donors (Lipinski definition) is 1. The molecule has 1 fully saturated rings. The minimum atomic E-state index is 0.474. The number of anilines is 1. The molecule has 2 nitrogen and oxygen atoms in total. The SMILES string of the molecule is Cc1ccc(N(C)C(CN)C2CCSC2)c(C)c1. The molecule has 0 spiro atoms. The number of thioether (sulfide) groups is 1. The fourth-order valence-electron chi connectivity index (χ4n) is 2.90. The van der Waals surface area contributed by atoms with Crippen LogP contribution in [-0.2, 0) is 0 Å². The first-order valence-electron chi connectivity index (χ1n) is 6.71. The molecule has 2 unspecified atom stereocenters. The van der Waals surface area contributed by atoms with Crippen LogP contribution in [-0.4, -0.2) is 31.1 Å². The van der Waals surface area contributed by atoms with Gasteiger partial charge in [-0.1, -0.05) is 17.7 Å². The van der Waals surface area contributed by atoms with Gasteiger partial charge in [0.1, 0.15) is 0 Å². The Bertz CT molecular complexity index is 399. The Morgan fingerprint density at radius 3 is 2.78 bits per heavy atom. The van der Waals surface area contributed by atoms with Gasteiger partial charge in [-0.05, 0) is 49.3 Å². The van der Waals surface area contributed by atoms with Gasteiger partial charge in [0.25, 0.3) is 0 Å². The van der Waals surface area contributed by atoms with Crippen molar-refractivity contribution in [1.29, 1.82) is 0 Å². The van der Waals surface area contributed by atoms with Crippen molar-refractivity contribution < 1.29 is 0 Å². The summed E-state index contributed by atoms with van der Waals surface area (Å²) in [5, 5.41) is 0. The molecule has 2 atom stereocenters. The Morgan fingerprint density at radius 2 is 2.22 bits per heavy atom. The summed E-state index contributed by atoms with van der Waals surface area (Å²) in [6, 6.07) is 7.15. The summed E-state index contributed by atoms with van der Waals surface area (Å²) in [5.74, 6) is 3.30. The van der Waals surface area contributed by atoms with E-state index in [2.05, 4.69) is 55.8 Å². The summed E-state index contributed by atoms with van der Waals surface area (Å²) in [7, 11) is 2.19. The minimum Gasteiger partial charge on any atom is -0.370 e. The second-order valence-electron chi connectivity index (χ2n) is 5.33. The number of rotatable bonds is 4. The summed E-state index contributed by atoms with van der Waals surface area (Å²) < 4.78 is 0. The van der Waals surface area contributed by atoms with Gasteiger partial charge in [0.15, 0.2) is 0 Å². The molecule has 3 heteroatoms.